The van der Waals surface area contributed by atoms with Crippen molar-refractivity contribution in [1.82, 2.24) is 0 Å². The van der Waals surface area contributed by atoms with Gasteiger partial charge < -0.3 is 0 Å². The minimum absolute atomic E-state index is 0.00248. The summed E-state index contributed by atoms with van der Waals surface area (Å²) < 4.78 is 36.2. The van der Waals surface area contributed by atoms with Gasteiger partial charge in [-0.15, -0.1) is 0 Å². The smallest absolute Gasteiger partial charge is 0.263 e. The van der Waals surface area contributed by atoms with E-state index in [1.54, 1.807) is 0 Å². The Bertz CT molecular complexity index is 305. The molecule has 0 saturated carbocycles. The molecule has 0 unspecified atom stereocenters. The highest BCUT2D eigenvalue weighted by Gasteiger charge is 2.49. The van der Waals surface area contributed by atoms with Crippen LogP contribution in [-0.2, 0) is 0 Å². The van der Waals surface area contributed by atoms with Crippen molar-refractivity contribution in [3.63, 3.8) is 0 Å². The molecule has 1 atom stereocenters. The van der Waals surface area contributed by atoms with Crippen LogP contribution >= 0.6 is 0 Å². The lowest BCUT2D eigenvalue weighted by Crippen LogP contribution is -2.38. The molecule has 0 spiro atoms. The second-order valence-corrected chi connectivity index (χ2v) is 2.57. The number of nitro groups is 1. The molecule has 4 nitrogen and oxygen atoms in total. The monoisotopic (exact) mass is 194 g/mol. The van der Waals surface area contributed by atoms with Gasteiger partial charge in [0.25, 0.3) is 6.04 Å². The Morgan fingerprint density at radius 3 is 2.46 bits per heavy atom. The van der Waals surface area contributed by atoms with Crippen LogP contribution in [0.3, 0.4) is 0 Å². The molecule has 7 heteroatoms. The normalized spacial score (nSPS) is 22.6. The topological polar surface area (TPSA) is 55.5 Å². The van der Waals surface area contributed by atoms with Crippen molar-refractivity contribution in [2.24, 2.45) is 4.99 Å². The van der Waals surface area contributed by atoms with E-state index in [-0.39, 0.29) is 5.57 Å². The highest BCUT2D eigenvalue weighted by Crippen LogP contribution is 2.27. The Labute approximate surface area is 70.9 Å². The molecule has 0 N–H and O–H groups in total. The van der Waals surface area contributed by atoms with E-state index in [0.29, 0.717) is 0 Å². The van der Waals surface area contributed by atoms with Gasteiger partial charge in [-0.1, -0.05) is 0 Å². The predicted molar refractivity (Wildman–Crippen MR) is 38.0 cm³/mol. The summed E-state index contributed by atoms with van der Waals surface area (Å²) in [5.41, 5.74) is -1.35. The molecule has 0 aromatic rings. The lowest BCUT2D eigenvalue weighted by atomic mass is 10.1. The molecule has 0 aromatic heterocycles. The van der Waals surface area contributed by atoms with E-state index in [4.69, 9.17) is 0 Å². The van der Waals surface area contributed by atoms with Crippen LogP contribution in [0.2, 0.25) is 0 Å². The maximum Gasteiger partial charge on any atom is 0.436 e. The molecular formula is C6H5F3N2O2. The van der Waals surface area contributed by atoms with Crippen LogP contribution in [0.15, 0.2) is 16.8 Å². The zero-order valence-electron chi connectivity index (χ0n) is 6.50. The fraction of sp³-hybridized carbons (Fsp3) is 0.500. The third-order valence-electron chi connectivity index (χ3n) is 1.60. The van der Waals surface area contributed by atoms with Crippen molar-refractivity contribution in [3.05, 3.63) is 21.9 Å². The molecule has 0 bridgehead atoms. The van der Waals surface area contributed by atoms with Crippen LogP contribution in [0.4, 0.5) is 13.2 Å². The number of nitrogens with zero attached hydrogens (tertiary/aromatic N) is 2. The molecule has 0 fully saturated rings. The van der Waals surface area contributed by atoms with Crippen LogP contribution in [0, 0.1) is 10.1 Å². The third kappa shape index (κ3) is 1.68. The summed E-state index contributed by atoms with van der Waals surface area (Å²) in [7, 11) is 0. The van der Waals surface area contributed by atoms with Gasteiger partial charge in [-0.3, -0.25) is 10.1 Å². The van der Waals surface area contributed by atoms with Crippen LogP contribution in [-0.4, -0.2) is 22.9 Å². The minimum atomic E-state index is -4.73. The van der Waals surface area contributed by atoms with Crippen LogP contribution in [0.25, 0.3) is 0 Å². The van der Waals surface area contributed by atoms with Crippen LogP contribution in [0.5, 0.6) is 0 Å². The van der Waals surface area contributed by atoms with Gasteiger partial charge in [0.15, 0.2) is 5.71 Å². The first kappa shape index (κ1) is 9.69. The van der Waals surface area contributed by atoms with Gasteiger partial charge in [0.05, 0.1) is 0 Å². The van der Waals surface area contributed by atoms with Gasteiger partial charge >= 0.3 is 6.18 Å². The summed E-state index contributed by atoms with van der Waals surface area (Å²) >= 11 is 0. The molecule has 0 saturated heterocycles. The minimum Gasteiger partial charge on any atom is -0.263 e. The summed E-state index contributed by atoms with van der Waals surface area (Å²) in [5, 5.41) is 10.3. The Hall–Kier alpha value is -1.40. The summed E-state index contributed by atoms with van der Waals surface area (Å²) in [6, 6.07) is -1.83. The molecule has 72 valence electrons. The maximum absolute atomic E-state index is 12.1. The quantitative estimate of drug-likeness (QED) is 0.469. The van der Waals surface area contributed by atoms with E-state index in [1.807, 2.05) is 0 Å². The Balaban J connectivity index is 2.99. The third-order valence-corrected chi connectivity index (χ3v) is 1.60. The van der Waals surface area contributed by atoms with Crippen molar-refractivity contribution >= 4 is 5.71 Å². The maximum atomic E-state index is 12.1. The van der Waals surface area contributed by atoms with Gasteiger partial charge in [0.2, 0.25) is 0 Å². The number of aliphatic imine (C=N–C) groups is 1. The number of rotatable bonds is 1. The lowest BCUT2D eigenvalue weighted by molar-refractivity contribution is -0.494. The second-order valence-electron chi connectivity index (χ2n) is 2.57. The van der Waals surface area contributed by atoms with E-state index in [0.717, 1.165) is 6.20 Å². The average molecular weight is 194 g/mol. The molecule has 0 radical (unpaired) electrons. The van der Waals surface area contributed by atoms with Crippen LogP contribution in [0.1, 0.15) is 6.92 Å². The molecule has 1 aliphatic rings. The number of hydrogen-bond donors (Lipinski definition) is 0. The van der Waals surface area contributed by atoms with Gasteiger partial charge in [-0.25, -0.2) is 4.99 Å². The molecule has 1 heterocycles. The molecular weight excluding hydrogens is 189 g/mol. The molecule has 1 rings (SSSR count). The number of alkyl halides is 3. The molecule has 1 aliphatic heterocycles. The van der Waals surface area contributed by atoms with E-state index in [2.05, 4.69) is 4.99 Å². The fourth-order valence-electron chi connectivity index (χ4n) is 1.02. The molecule has 0 amide bonds. The SMILES string of the molecule is CC1=CN=C(C(F)(F)F)[C@@H]1[N+](=O)[O-]. The largest absolute Gasteiger partial charge is 0.436 e. The van der Waals surface area contributed by atoms with Crippen molar-refractivity contribution in [2.75, 3.05) is 0 Å². The average Bonchev–Trinajstić information content (AvgIpc) is 2.28. The van der Waals surface area contributed by atoms with Gasteiger partial charge in [-0.2, -0.15) is 13.2 Å². The fourth-order valence-corrected chi connectivity index (χ4v) is 1.02. The Morgan fingerprint density at radius 2 is 2.15 bits per heavy atom. The summed E-state index contributed by atoms with van der Waals surface area (Å²) in [6.07, 6.45) is -3.86. The Morgan fingerprint density at radius 1 is 1.62 bits per heavy atom. The van der Waals surface area contributed by atoms with Crippen molar-refractivity contribution in [2.45, 2.75) is 19.1 Å². The summed E-state index contributed by atoms with van der Waals surface area (Å²) in [5.74, 6) is 0. The predicted octanol–water partition coefficient (Wildman–Crippen LogP) is 1.55. The van der Waals surface area contributed by atoms with E-state index < -0.39 is 22.9 Å². The van der Waals surface area contributed by atoms with Crippen molar-refractivity contribution in [3.8, 4) is 0 Å². The van der Waals surface area contributed by atoms with E-state index in [9.17, 15) is 23.3 Å². The highest BCUT2D eigenvalue weighted by atomic mass is 19.4. The standard InChI is InChI=1S/C6H5F3N2O2/c1-3-2-10-5(6(7,8)9)4(3)11(12)13/h2,4H,1H3/t4-/m1/s1. The molecule has 13 heavy (non-hydrogen) atoms. The zero-order chi connectivity index (χ0) is 10.2. The summed E-state index contributed by atoms with van der Waals surface area (Å²) in [6.45, 7) is 1.25. The lowest BCUT2D eigenvalue weighted by Gasteiger charge is -2.09. The first-order chi connectivity index (χ1) is 5.84. The number of hydrogen-bond acceptors (Lipinski definition) is 3. The van der Waals surface area contributed by atoms with E-state index >= 15 is 0 Å². The summed E-state index contributed by atoms with van der Waals surface area (Å²) in [4.78, 5) is 12.2. The van der Waals surface area contributed by atoms with E-state index in [1.165, 1.54) is 6.92 Å². The van der Waals surface area contributed by atoms with Gasteiger partial charge in [0, 0.05) is 16.7 Å². The zero-order valence-corrected chi connectivity index (χ0v) is 6.50. The highest BCUT2D eigenvalue weighted by molar-refractivity contribution is 5.97. The van der Waals surface area contributed by atoms with Crippen LogP contribution < -0.4 is 0 Å². The first-order valence-electron chi connectivity index (χ1n) is 3.29. The van der Waals surface area contributed by atoms with Crippen molar-refractivity contribution in [1.29, 1.82) is 0 Å². The number of halogens is 3. The second kappa shape index (κ2) is 2.82. The van der Waals surface area contributed by atoms with Gasteiger partial charge in [-0.05, 0) is 6.92 Å². The molecule has 0 aliphatic carbocycles. The molecule has 0 aromatic carbocycles. The first-order valence-corrected chi connectivity index (χ1v) is 3.29. The van der Waals surface area contributed by atoms with Crippen molar-refractivity contribution < 1.29 is 18.1 Å². The van der Waals surface area contributed by atoms with Gasteiger partial charge in [0.1, 0.15) is 0 Å². The Kier molecular flexibility index (Phi) is 2.10.